The van der Waals surface area contributed by atoms with Gasteiger partial charge in [-0.05, 0) is 25.5 Å². The molecule has 0 aliphatic carbocycles. The number of rotatable bonds is 3. The van der Waals surface area contributed by atoms with Crippen LogP contribution in [0, 0.1) is 0 Å². The number of hydrogen-bond acceptors (Lipinski definition) is 4. The molecule has 2 rings (SSSR count). The first-order chi connectivity index (χ1) is 8.90. The van der Waals surface area contributed by atoms with Gasteiger partial charge in [-0.3, -0.25) is 0 Å². The molecule has 1 N–H and O–H groups in total. The molecule has 3 nitrogen and oxygen atoms in total. The van der Waals surface area contributed by atoms with Gasteiger partial charge in [-0.25, -0.2) is 4.99 Å². The van der Waals surface area contributed by atoms with Crippen LogP contribution in [0.25, 0.3) is 0 Å². The highest BCUT2D eigenvalue weighted by Gasteiger charge is 2.30. The Kier molecular flexibility index (Phi) is 4.16. The van der Waals surface area contributed by atoms with Crippen molar-refractivity contribution >= 4 is 39.8 Å². The van der Waals surface area contributed by atoms with Gasteiger partial charge in [0.1, 0.15) is 4.99 Å². The topological polar surface area (TPSA) is 27.6 Å². The molecular formula is C14H19N3S2. The van der Waals surface area contributed by atoms with Gasteiger partial charge in [0.05, 0.1) is 5.54 Å². The molecule has 1 heterocycles. The van der Waals surface area contributed by atoms with Gasteiger partial charge in [-0.2, -0.15) is 0 Å². The second-order valence-electron chi connectivity index (χ2n) is 5.28. The second-order valence-corrected chi connectivity index (χ2v) is 6.63. The largest absolute Gasteiger partial charge is 0.377 e. The molecule has 0 spiro atoms. The van der Waals surface area contributed by atoms with Gasteiger partial charge in [0.15, 0.2) is 5.17 Å². The van der Waals surface area contributed by atoms with Crippen LogP contribution in [0.4, 0.5) is 5.69 Å². The minimum absolute atomic E-state index is 0.196. The Morgan fingerprint density at radius 1 is 1.32 bits per heavy atom. The molecule has 0 radical (unpaired) electrons. The normalized spacial score (nSPS) is 17.1. The van der Waals surface area contributed by atoms with Crippen molar-refractivity contribution in [3.63, 3.8) is 0 Å². The summed E-state index contributed by atoms with van der Waals surface area (Å²) in [7, 11) is 4.13. The number of benzene rings is 1. The lowest BCUT2D eigenvalue weighted by Gasteiger charge is -2.19. The summed E-state index contributed by atoms with van der Waals surface area (Å²) in [6.07, 6.45) is 0. The maximum atomic E-state index is 5.26. The predicted molar refractivity (Wildman–Crippen MR) is 89.3 cm³/mol. The third kappa shape index (κ3) is 3.28. The first-order valence-electron chi connectivity index (χ1n) is 6.19. The minimum Gasteiger partial charge on any atom is -0.377 e. The maximum Gasteiger partial charge on any atom is 0.163 e. The van der Waals surface area contributed by atoms with Crippen molar-refractivity contribution in [2.24, 2.45) is 4.99 Å². The summed E-state index contributed by atoms with van der Waals surface area (Å²) >= 11 is 6.96. The Morgan fingerprint density at radius 3 is 2.58 bits per heavy atom. The van der Waals surface area contributed by atoms with Gasteiger partial charge in [0, 0.05) is 25.5 Å². The Morgan fingerprint density at radius 2 is 2.00 bits per heavy atom. The van der Waals surface area contributed by atoms with E-state index in [-0.39, 0.29) is 5.54 Å². The van der Waals surface area contributed by atoms with E-state index >= 15 is 0 Å². The van der Waals surface area contributed by atoms with E-state index in [0.29, 0.717) is 0 Å². The van der Waals surface area contributed by atoms with E-state index in [4.69, 9.17) is 12.2 Å². The van der Waals surface area contributed by atoms with Crippen LogP contribution in [-0.4, -0.2) is 29.8 Å². The highest BCUT2D eigenvalue weighted by Crippen LogP contribution is 2.26. The summed E-state index contributed by atoms with van der Waals surface area (Å²) < 4.78 is 0. The summed E-state index contributed by atoms with van der Waals surface area (Å²) in [6, 6.07) is 8.42. The molecule has 19 heavy (non-hydrogen) atoms. The lowest BCUT2D eigenvalue weighted by atomic mass is 10.1. The zero-order valence-electron chi connectivity index (χ0n) is 11.7. The number of aliphatic imine (C=N–C) groups is 1. The van der Waals surface area contributed by atoms with Crippen LogP contribution in [0.1, 0.15) is 19.4 Å². The summed E-state index contributed by atoms with van der Waals surface area (Å²) in [4.78, 5) is 7.28. The molecule has 0 unspecified atom stereocenters. The van der Waals surface area contributed by atoms with Gasteiger partial charge in [-0.1, -0.05) is 42.2 Å². The van der Waals surface area contributed by atoms with Crippen LogP contribution in [0.2, 0.25) is 0 Å². The van der Waals surface area contributed by atoms with Gasteiger partial charge < -0.3 is 10.2 Å². The predicted octanol–water partition coefficient (Wildman–Crippen LogP) is 3.05. The lowest BCUT2D eigenvalue weighted by Crippen LogP contribution is -2.40. The lowest BCUT2D eigenvalue weighted by molar-refractivity contribution is 0.644. The molecule has 0 saturated carbocycles. The standard InChI is InChI=1S/C14H19N3S2/c1-14(2)12(18)15-13(16-14)19-9-10-7-5-6-8-11(10)17(3)4/h5-8H,9H2,1-4H3,(H,15,16,18). The van der Waals surface area contributed by atoms with Crippen LogP contribution in [0.3, 0.4) is 0 Å². The van der Waals surface area contributed by atoms with Gasteiger partial charge >= 0.3 is 0 Å². The van der Waals surface area contributed by atoms with Crippen molar-refractivity contribution in [2.75, 3.05) is 19.0 Å². The Labute approximate surface area is 124 Å². The quantitative estimate of drug-likeness (QED) is 0.867. The van der Waals surface area contributed by atoms with E-state index in [1.807, 2.05) is 0 Å². The molecular weight excluding hydrogens is 274 g/mol. The van der Waals surface area contributed by atoms with Crippen LogP contribution in [0.15, 0.2) is 29.3 Å². The van der Waals surface area contributed by atoms with Crippen LogP contribution in [-0.2, 0) is 5.75 Å². The van der Waals surface area contributed by atoms with Crippen molar-refractivity contribution in [1.29, 1.82) is 0 Å². The Balaban J connectivity index is 2.05. The number of para-hydroxylation sites is 1. The number of thioether (sulfide) groups is 1. The Bertz CT molecular complexity index is 521. The third-order valence-corrected chi connectivity index (χ3v) is 4.52. The molecule has 0 amide bonds. The zero-order chi connectivity index (χ0) is 14.0. The van der Waals surface area contributed by atoms with Crippen LogP contribution in [0.5, 0.6) is 0 Å². The highest BCUT2D eigenvalue weighted by molar-refractivity contribution is 8.13. The zero-order valence-corrected chi connectivity index (χ0v) is 13.4. The average Bonchev–Trinajstić information content (AvgIpc) is 2.61. The molecule has 0 saturated heterocycles. The van der Waals surface area contributed by atoms with E-state index in [0.717, 1.165) is 15.9 Å². The fraction of sp³-hybridized carbons (Fsp3) is 0.429. The number of anilines is 1. The van der Waals surface area contributed by atoms with Crippen LogP contribution >= 0.6 is 24.0 Å². The smallest absolute Gasteiger partial charge is 0.163 e. The summed E-state index contributed by atoms with van der Waals surface area (Å²) in [6.45, 7) is 4.11. The molecule has 1 aliphatic rings. The molecule has 0 bridgehead atoms. The molecule has 102 valence electrons. The molecule has 1 aliphatic heterocycles. The van der Waals surface area contributed by atoms with Gasteiger partial charge in [0.2, 0.25) is 0 Å². The monoisotopic (exact) mass is 293 g/mol. The van der Waals surface area contributed by atoms with E-state index < -0.39 is 0 Å². The summed E-state index contributed by atoms with van der Waals surface area (Å²) in [5.74, 6) is 0.888. The number of nitrogens with zero attached hydrogens (tertiary/aromatic N) is 2. The van der Waals surface area contributed by atoms with Crippen molar-refractivity contribution in [2.45, 2.75) is 25.1 Å². The number of thiocarbonyl (C=S) groups is 1. The maximum absolute atomic E-state index is 5.26. The van der Waals surface area contributed by atoms with Crippen molar-refractivity contribution in [1.82, 2.24) is 5.32 Å². The third-order valence-electron chi connectivity index (χ3n) is 2.99. The van der Waals surface area contributed by atoms with Gasteiger partial charge in [0.25, 0.3) is 0 Å². The van der Waals surface area contributed by atoms with E-state index in [2.05, 4.69) is 67.4 Å². The van der Waals surface area contributed by atoms with E-state index in [1.165, 1.54) is 11.3 Å². The minimum atomic E-state index is -0.196. The van der Waals surface area contributed by atoms with Crippen LogP contribution < -0.4 is 10.2 Å². The molecule has 1 aromatic carbocycles. The molecule has 1 aromatic rings. The average molecular weight is 293 g/mol. The van der Waals surface area contributed by atoms with Crippen molar-refractivity contribution < 1.29 is 0 Å². The first kappa shape index (κ1) is 14.3. The van der Waals surface area contributed by atoms with Crippen molar-refractivity contribution in [3.8, 4) is 0 Å². The first-order valence-corrected chi connectivity index (χ1v) is 7.59. The summed E-state index contributed by atoms with van der Waals surface area (Å²) in [5, 5.41) is 4.28. The highest BCUT2D eigenvalue weighted by atomic mass is 32.2. The number of nitrogens with one attached hydrogen (secondary N) is 1. The summed E-state index contributed by atoms with van der Waals surface area (Å²) in [5.41, 5.74) is 2.35. The molecule has 0 fully saturated rings. The molecule has 5 heteroatoms. The molecule has 0 atom stereocenters. The van der Waals surface area contributed by atoms with Crippen molar-refractivity contribution in [3.05, 3.63) is 29.8 Å². The fourth-order valence-electron chi connectivity index (χ4n) is 1.86. The molecule has 0 aromatic heterocycles. The SMILES string of the molecule is CN(C)c1ccccc1CSC1=NC(=S)C(C)(C)N1. The van der Waals surface area contributed by atoms with Gasteiger partial charge in [-0.15, -0.1) is 0 Å². The fourth-order valence-corrected chi connectivity index (χ4v) is 3.08. The second kappa shape index (κ2) is 5.51. The number of amidine groups is 1. The van der Waals surface area contributed by atoms with E-state index in [1.54, 1.807) is 11.8 Å². The number of hydrogen-bond donors (Lipinski definition) is 1. The van der Waals surface area contributed by atoms with E-state index in [9.17, 15) is 0 Å². The Hall–Kier alpha value is -1.07.